The molecule has 1 unspecified atom stereocenters. The number of imide groups is 2. The van der Waals surface area contributed by atoms with Crippen LogP contribution >= 0.6 is 11.6 Å². The number of benzene rings is 3. The van der Waals surface area contributed by atoms with Gasteiger partial charge in [0.05, 0.1) is 34.5 Å². The quantitative estimate of drug-likeness (QED) is 0.106. The lowest BCUT2D eigenvalue weighted by Gasteiger charge is -2.38. The molecule has 4 aromatic rings. The number of amides is 5. The van der Waals surface area contributed by atoms with Gasteiger partial charge in [0, 0.05) is 61.0 Å². The second-order valence-electron chi connectivity index (χ2n) is 15.6. The number of nitrogens with one attached hydrogen (secondary N) is 4. The van der Waals surface area contributed by atoms with Gasteiger partial charge in [0.2, 0.25) is 17.7 Å². The number of halogens is 2. The summed E-state index contributed by atoms with van der Waals surface area (Å²) in [4.78, 5) is 78.1. The maximum atomic E-state index is 13.7. The van der Waals surface area contributed by atoms with E-state index < -0.39 is 35.5 Å². The van der Waals surface area contributed by atoms with E-state index in [0.29, 0.717) is 46.3 Å². The van der Waals surface area contributed by atoms with E-state index in [1.807, 2.05) is 12.1 Å². The van der Waals surface area contributed by atoms with E-state index in [-0.39, 0.29) is 40.9 Å². The summed E-state index contributed by atoms with van der Waals surface area (Å²) in [6.45, 7) is 5.38. The standard InChI is InChI=1S/C43H45ClFN9O6/c1-60-37-21-34-31(40(47-24-46-34)49-27-7-9-33(45)32(44)19-27)20-35(37)50-38(55)5-3-14-52-16-12-25(13-17-52)22-53-15-2-4-28(23-53)48-26-6-8-29-30(18-26)43(59)54(42(29)58)36-10-11-39(56)51-41(36)57/h3,5-9,18-21,24-25,28,36,48H,2,4,10-17,22-23H2,1H3,(H,50,55)(H,46,47,49)(H,51,56,57)/b5-3+/t28-,36?/m1/s1. The van der Waals surface area contributed by atoms with Crippen LogP contribution in [-0.4, -0.2) is 113 Å². The highest BCUT2D eigenvalue weighted by Gasteiger charge is 2.44. The van der Waals surface area contributed by atoms with Gasteiger partial charge in [-0.3, -0.25) is 39.1 Å². The third-order valence-electron chi connectivity index (χ3n) is 11.6. The smallest absolute Gasteiger partial charge is 0.262 e. The number of anilines is 4. The van der Waals surface area contributed by atoms with Crippen LogP contribution in [0.3, 0.4) is 0 Å². The molecule has 0 saturated carbocycles. The molecule has 312 valence electrons. The molecule has 8 rings (SSSR count). The Hall–Kier alpha value is -5.97. The number of fused-ring (bicyclic) bond motifs is 2. The molecule has 0 radical (unpaired) electrons. The fourth-order valence-corrected chi connectivity index (χ4v) is 8.68. The molecule has 0 aliphatic carbocycles. The summed E-state index contributed by atoms with van der Waals surface area (Å²) in [6, 6.07) is 12.1. The summed E-state index contributed by atoms with van der Waals surface area (Å²) in [5, 5.41) is 12.5. The molecule has 3 saturated heterocycles. The second kappa shape index (κ2) is 17.7. The van der Waals surface area contributed by atoms with Crippen molar-refractivity contribution in [2.45, 2.75) is 50.6 Å². The molecule has 4 aliphatic heterocycles. The summed E-state index contributed by atoms with van der Waals surface area (Å²) in [6.07, 6.45) is 9.12. The molecule has 0 spiro atoms. The molecule has 1 aromatic heterocycles. The molecule has 3 fully saturated rings. The molecule has 5 heterocycles. The predicted molar refractivity (Wildman–Crippen MR) is 224 cm³/mol. The van der Waals surface area contributed by atoms with Gasteiger partial charge in [-0.2, -0.15) is 0 Å². The largest absolute Gasteiger partial charge is 0.494 e. The zero-order valence-corrected chi connectivity index (χ0v) is 33.8. The van der Waals surface area contributed by atoms with Gasteiger partial charge >= 0.3 is 0 Å². The zero-order valence-electron chi connectivity index (χ0n) is 33.0. The average molecular weight is 838 g/mol. The number of aromatic nitrogens is 2. The van der Waals surface area contributed by atoms with Crippen molar-refractivity contribution in [1.29, 1.82) is 0 Å². The molecule has 2 atom stereocenters. The summed E-state index contributed by atoms with van der Waals surface area (Å²) in [5.74, 6) is -1.44. The molecule has 15 nitrogen and oxygen atoms in total. The van der Waals surface area contributed by atoms with E-state index in [4.69, 9.17) is 16.3 Å². The van der Waals surface area contributed by atoms with Crippen LogP contribution in [0.15, 0.2) is 67.0 Å². The number of ether oxygens (including phenoxy) is 1. The average Bonchev–Trinajstić information content (AvgIpc) is 3.47. The minimum absolute atomic E-state index is 0.0228. The number of rotatable bonds is 12. The maximum Gasteiger partial charge on any atom is 0.262 e. The molecule has 0 bridgehead atoms. The Balaban J connectivity index is 0.799. The van der Waals surface area contributed by atoms with Crippen LogP contribution in [0.1, 0.15) is 59.2 Å². The fourth-order valence-electron chi connectivity index (χ4n) is 8.50. The minimum Gasteiger partial charge on any atom is -0.494 e. The van der Waals surface area contributed by atoms with Gasteiger partial charge in [-0.05, 0) is 100 Å². The molecular formula is C43H45ClFN9O6. The minimum atomic E-state index is -0.991. The Kier molecular flexibility index (Phi) is 12.0. The Bertz CT molecular complexity index is 2390. The van der Waals surface area contributed by atoms with Gasteiger partial charge in [-0.25, -0.2) is 14.4 Å². The number of hydrogen-bond donors (Lipinski definition) is 4. The van der Waals surface area contributed by atoms with Gasteiger partial charge in [0.25, 0.3) is 11.8 Å². The van der Waals surface area contributed by atoms with Gasteiger partial charge in [-0.1, -0.05) is 17.7 Å². The lowest BCUT2D eigenvalue weighted by atomic mass is 9.94. The summed E-state index contributed by atoms with van der Waals surface area (Å²) < 4.78 is 19.3. The first-order valence-electron chi connectivity index (χ1n) is 20.1. The number of carbonyl (C=O) groups is 5. The number of carbonyl (C=O) groups excluding carboxylic acids is 5. The molecular weight excluding hydrogens is 793 g/mol. The Morgan fingerprint density at radius 3 is 2.53 bits per heavy atom. The van der Waals surface area contributed by atoms with E-state index in [1.165, 1.54) is 31.6 Å². The fraction of sp³-hybridized carbons (Fsp3) is 0.372. The first kappa shape index (κ1) is 40.8. The van der Waals surface area contributed by atoms with Crippen molar-refractivity contribution in [2.24, 2.45) is 5.92 Å². The summed E-state index contributed by atoms with van der Waals surface area (Å²) in [5.41, 5.74) is 2.86. The molecule has 60 heavy (non-hydrogen) atoms. The van der Waals surface area contributed by atoms with E-state index in [0.717, 1.165) is 69.0 Å². The van der Waals surface area contributed by atoms with Crippen LogP contribution in [0.4, 0.5) is 27.3 Å². The first-order valence-corrected chi connectivity index (χ1v) is 20.5. The van der Waals surface area contributed by atoms with Crippen molar-refractivity contribution in [3.05, 3.63) is 89.0 Å². The number of methoxy groups -OCH3 is 1. The van der Waals surface area contributed by atoms with Crippen molar-refractivity contribution in [3.63, 3.8) is 0 Å². The van der Waals surface area contributed by atoms with Crippen molar-refractivity contribution in [3.8, 4) is 5.75 Å². The lowest BCUT2D eigenvalue weighted by molar-refractivity contribution is -0.136. The Morgan fingerprint density at radius 2 is 1.75 bits per heavy atom. The van der Waals surface area contributed by atoms with Crippen LogP contribution in [0.2, 0.25) is 5.02 Å². The Morgan fingerprint density at radius 1 is 0.950 bits per heavy atom. The topological polar surface area (TPSA) is 178 Å². The van der Waals surface area contributed by atoms with Gasteiger partial charge in [-0.15, -0.1) is 0 Å². The van der Waals surface area contributed by atoms with Crippen molar-refractivity contribution < 1.29 is 33.1 Å². The maximum absolute atomic E-state index is 13.7. The molecule has 4 aliphatic rings. The van der Waals surface area contributed by atoms with Gasteiger partial charge in [0.1, 0.15) is 29.8 Å². The molecule has 3 aromatic carbocycles. The third kappa shape index (κ3) is 8.95. The van der Waals surface area contributed by atoms with E-state index in [2.05, 4.69) is 41.0 Å². The zero-order chi connectivity index (χ0) is 41.9. The molecule has 4 N–H and O–H groups in total. The highest BCUT2D eigenvalue weighted by molar-refractivity contribution is 6.31. The Labute approximate surface area is 350 Å². The molecule has 17 heteroatoms. The lowest BCUT2D eigenvalue weighted by Crippen LogP contribution is -2.54. The highest BCUT2D eigenvalue weighted by atomic mass is 35.5. The summed E-state index contributed by atoms with van der Waals surface area (Å²) >= 11 is 5.97. The number of nitrogens with zero attached hydrogens (tertiary/aromatic N) is 5. The van der Waals surface area contributed by atoms with Crippen LogP contribution in [0.5, 0.6) is 5.75 Å². The van der Waals surface area contributed by atoms with Crippen LogP contribution in [0.25, 0.3) is 10.9 Å². The number of likely N-dealkylation sites (tertiary alicyclic amines) is 2. The van der Waals surface area contributed by atoms with Crippen molar-refractivity contribution in [2.75, 3.05) is 62.3 Å². The monoisotopic (exact) mass is 837 g/mol. The van der Waals surface area contributed by atoms with Crippen LogP contribution in [-0.2, 0) is 14.4 Å². The normalized spacial score (nSPS) is 20.4. The van der Waals surface area contributed by atoms with Crippen molar-refractivity contribution in [1.82, 2.24) is 30.0 Å². The molecule has 5 amide bonds. The SMILES string of the molecule is COc1cc2ncnc(Nc3ccc(F)c(Cl)c3)c2cc1NC(=O)/C=C/CN1CCC(CN2CCC[C@@H](Nc3ccc4c(c3)C(=O)N(C3CCC(=O)NC3=O)C4=O)C2)CC1. The summed E-state index contributed by atoms with van der Waals surface area (Å²) in [7, 11) is 1.52. The van der Waals surface area contributed by atoms with Gasteiger partial charge in [0.15, 0.2) is 0 Å². The second-order valence-corrected chi connectivity index (χ2v) is 16.0. The number of hydrogen-bond acceptors (Lipinski definition) is 12. The van der Waals surface area contributed by atoms with Crippen LogP contribution in [0, 0.1) is 11.7 Å². The van der Waals surface area contributed by atoms with E-state index in [1.54, 1.807) is 30.3 Å². The highest BCUT2D eigenvalue weighted by Crippen LogP contribution is 2.34. The third-order valence-corrected chi connectivity index (χ3v) is 11.9. The van der Waals surface area contributed by atoms with E-state index in [9.17, 15) is 28.4 Å². The van der Waals surface area contributed by atoms with Crippen molar-refractivity contribution >= 4 is 74.9 Å². The van der Waals surface area contributed by atoms with E-state index >= 15 is 0 Å². The van der Waals surface area contributed by atoms with Gasteiger partial charge < -0.3 is 25.6 Å². The van der Waals surface area contributed by atoms with Crippen LogP contribution < -0.4 is 26.0 Å². The number of piperidine rings is 3. The first-order chi connectivity index (χ1) is 29.0. The predicted octanol–water partition coefficient (Wildman–Crippen LogP) is 5.36.